The van der Waals surface area contributed by atoms with E-state index in [1.807, 2.05) is 48.0 Å². The molecule has 1 aromatic carbocycles. The van der Waals surface area contributed by atoms with Crippen molar-refractivity contribution >= 4 is 55.1 Å². The van der Waals surface area contributed by atoms with Gasteiger partial charge in [-0.2, -0.15) is 13.1 Å². The van der Waals surface area contributed by atoms with Gasteiger partial charge in [0.2, 0.25) is 5.88 Å². The highest BCUT2D eigenvalue weighted by Crippen LogP contribution is 2.35. The average molecular weight is 610 g/mol. The lowest BCUT2D eigenvalue weighted by Crippen LogP contribution is -2.30. The molecule has 0 saturated heterocycles. The number of benzene rings is 1. The van der Waals surface area contributed by atoms with Gasteiger partial charge in [-0.1, -0.05) is 34.1 Å². The lowest BCUT2D eigenvalue weighted by molar-refractivity contribution is 0.201. The number of hydrogen-bond acceptors (Lipinski definition) is 10. The first-order valence-corrected chi connectivity index (χ1v) is 14.8. The summed E-state index contributed by atoms with van der Waals surface area (Å²) in [5.74, 6) is 0.281. The molecule has 0 unspecified atom stereocenters. The van der Waals surface area contributed by atoms with Crippen LogP contribution in [-0.4, -0.2) is 47.8 Å². The summed E-state index contributed by atoms with van der Waals surface area (Å²) in [6, 6.07) is 11.2. The lowest BCUT2D eigenvalue weighted by Gasteiger charge is -2.16. The van der Waals surface area contributed by atoms with Gasteiger partial charge < -0.3 is 9.47 Å². The third-order valence-electron chi connectivity index (χ3n) is 4.59. The molecule has 14 heteroatoms. The largest absolute Gasteiger partial charge is 0.473 e. The van der Waals surface area contributed by atoms with Crippen LogP contribution in [-0.2, 0) is 16.8 Å². The fourth-order valence-corrected chi connectivity index (χ4v) is 5.07. The Hall–Kier alpha value is -2.78. The summed E-state index contributed by atoms with van der Waals surface area (Å²) in [5.41, 5.74) is 1.06. The Kier molecular flexibility index (Phi) is 9.09. The first-order chi connectivity index (χ1) is 17.4. The average Bonchev–Trinajstić information content (AvgIpc) is 3.40. The van der Waals surface area contributed by atoms with E-state index in [2.05, 4.69) is 45.3 Å². The molecule has 0 saturated carbocycles. The maximum Gasteiger partial charge on any atom is 0.316 e. The SMILES string of the molecule is CSc1cnc(OCCOc2ncnc(NS(=O)(=O)NCc3cccs3)c2-c2ccc(Br)cc2)nc1. The zero-order valence-corrected chi connectivity index (χ0v) is 23.0. The summed E-state index contributed by atoms with van der Waals surface area (Å²) in [6.07, 6.45) is 6.52. The maximum atomic E-state index is 12.7. The molecule has 0 aliphatic heterocycles. The van der Waals surface area contributed by atoms with Crippen LogP contribution in [0.3, 0.4) is 0 Å². The van der Waals surface area contributed by atoms with E-state index in [-0.39, 0.29) is 37.5 Å². The molecule has 2 N–H and O–H groups in total. The van der Waals surface area contributed by atoms with Crippen LogP contribution in [0.5, 0.6) is 11.9 Å². The van der Waals surface area contributed by atoms with Gasteiger partial charge in [0.25, 0.3) is 0 Å². The molecule has 0 aliphatic rings. The van der Waals surface area contributed by atoms with Gasteiger partial charge in [0.05, 0.1) is 5.56 Å². The summed E-state index contributed by atoms with van der Waals surface area (Å²) in [7, 11) is -3.92. The van der Waals surface area contributed by atoms with Gasteiger partial charge in [0, 0.05) is 33.2 Å². The maximum absolute atomic E-state index is 12.7. The van der Waals surface area contributed by atoms with Crippen molar-refractivity contribution in [3.8, 4) is 23.0 Å². The molecule has 188 valence electrons. The zero-order chi connectivity index (χ0) is 25.4. The Labute approximate surface area is 225 Å². The second kappa shape index (κ2) is 12.5. The first kappa shape index (κ1) is 26.3. The number of anilines is 1. The lowest BCUT2D eigenvalue weighted by atomic mass is 10.1. The molecule has 0 spiro atoms. The van der Waals surface area contributed by atoms with Crippen LogP contribution in [0.15, 0.2) is 69.9 Å². The minimum Gasteiger partial charge on any atom is -0.473 e. The number of hydrogen-bond donors (Lipinski definition) is 2. The van der Waals surface area contributed by atoms with Gasteiger partial charge in [-0.25, -0.2) is 19.9 Å². The Morgan fingerprint density at radius 3 is 2.47 bits per heavy atom. The van der Waals surface area contributed by atoms with Gasteiger partial charge >= 0.3 is 16.2 Å². The molecule has 0 aliphatic carbocycles. The molecule has 4 rings (SSSR count). The normalized spacial score (nSPS) is 11.3. The Morgan fingerprint density at radius 1 is 1.03 bits per heavy atom. The number of thioether (sulfide) groups is 1. The van der Waals surface area contributed by atoms with E-state index < -0.39 is 10.2 Å². The fourth-order valence-electron chi connectivity index (χ4n) is 2.93. The second-order valence-electron chi connectivity index (χ2n) is 7.02. The molecule has 0 bridgehead atoms. The minimum absolute atomic E-state index is 0.0814. The molecule has 0 amide bonds. The Morgan fingerprint density at radius 2 is 1.78 bits per heavy atom. The van der Waals surface area contributed by atoms with Crippen LogP contribution in [0, 0.1) is 0 Å². The smallest absolute Gasteiger partial charge is 0.316 e. The Balaban J connectivity index is 1.50. The van der Waals surface area contributed by atoms with Gasteiger partial charge in [0.15, 0.2) is 5.82 Å². The van der Waals surface area contributed by atoms with Gasteiger partial charge in [-0.3, -0.25) is 4.72 Å². The van der Waals surface area contributed by atoms with E-state index in [1.165, 1.54) is 29.4 Å². The van der Waals surface area contributed by atoms with Crippen LogP contribution < -0.4 is 18.9 Å². The number of halogens is 1. The van der Waals surface area contributed by atoms with Crippen molar-refractivity contribution < 1.29 is 17.9 Å². The van der Waals surface area contributed by atoms with Crippen LogP contribution in [0.25, 0.3) is 11.1 Å². The molecule has 3 aromatic heterocycles. The van der Waals surface area contributed by atoms with Crippen molar-refractivity contribution in [1.29, 1.82) is 0 Å². The third-order valence-corrected chi connectivity index (χ3v) is 7.66. The van der Waals surface area contributed by atoms with E-state index >= 15 is 0 Å². The number of nitrogens with one attached hydrogen (secondary N) is 2. The van der Waals surface area contributed by atoms with Crippen molar-refractivity contribution in [2.24, 2.45) is 0 Å². The van der Waals surface area contributed by atoms with Crippen molar-refractivity contribution in [3.63, 3.8) is 0 Å². The molecule has 0 radical (unpaired) electrons. The van der Waals surface area contributed by atoms with Crippen molar-refractivity contribution in [2.45, 2.75) is 11.4 Å². The highest BCUT2D eigenvalue weighted by molar-refractivity contribution is 9.10. The van der Waals surface area contributed by atoms with Crippen LogP contribution in [0.4, 0.5) is 5.82 Å². The van der Waals surface area contributed by atoms with E-state index in [0.29, 0.717) is 11.1 Å². The van der Waals surface area contributed by atoms with Gasteiger partial charge in [0.1, 0.15) is 19.5 Å². The van der Waals surface area contributed by atoms with Crippen LogP contribution in [0.1, 0.15) is 4.88 Å². The van der Waals surface area contributed by atoms with E-state index in [1.54, 1.807) is 12.4 Å². The predicted octanol–water partition coefficient (Wildman–Crippen LogP) is 4.38. The summed E-state index contributed by atoms with van der Waals surface area (Å²) in [4.78, 5) is 18.5. The van der Waals surface area contributed by atoms with Crippen LogP contribution >= 0.6 is 39.0 Å². The highest BCUT2D eigenvalue weighted by Gasteiger charge is 2.20. The second-order valence-corrected chi connectivity index (χ2v) is 11.3. The predicted molar refractivity (Wildman–Crippen MR) is 144 cm³/mol. The standard InChI is InChI=1S/C22H21BrN6O4S3/c1-34-18-11-24-22(25-12-18)33-9-8-32-21-19(15-4-6-16(23)7-5-15)20(26-14-27-21)29-36(30,31)28-13-17-3-2-10-35-17/h2-7,10-12,14,28H,8-9,13H2,1H3,(H,26,27,29). The topological polar surface area (TPSA) is 128 Å². The van der Waals surface area contributed by atoms with Crippen LogP contribution in [0.2, 0.25) is 0 Å². The molecule has 4 aromatic rings. The zero-order valence-electron chi connectivity index (χ0n) is 18.9. The molecule has 3 heterocycles. The minimum atomic E-state index is -3.92. The highest BCUT2D eigenvalue weighted by atomic mass is 79.9. The monoisotopic (exact) mass is 608 g/mol. The molecule has 10 nitrogen and oxygen atoms in total. The fraction of sp³-hybridized carbons (Fsp3) is 0.182. The van der Waals surface area contributed by atoms with Crippen molar-refractivity contribution in [2.75, 3.05) is 24.2 Å². The summed E-state index contributed by atoms with van der Waals surface area (Å²) < 4.78 is 42.8. The number of thiophene rings is 1. The molecule has 0 atom stereocenters. The molecular weight excluding hydrogens is 588 g/mol. The Bertz CT molecular complexity index is 1370. The first-order valence-electron chi connectivity index (χ1n) is 10.5. The third kappa shape index (κ3) is 7.36. The summed E-state index contributed by atoms with van der Waals surface area (Å²) >= 11 is 6.41. The van der Waals surface area contributed by atoms with E-state index in [4.69, 9.17) is 9.47 Å². The number of aromatic nitrogens is 4. The molecule has 0 fully saturated rings. The number of rotatable bonds is 12. The quantitative estimate of drug-likeness (QED) is 0.178. The van der Waals surface area contributed by atoms with Gasteiger partial charge in [-0.15, -0.1) is 23.1 Å². The van der Waals surface area contributed by atoms with Crippen molar-refractivity contribution in [1.82, 2.24) is 24.7 Å². The van der Waals surface area contributed by atoms with E-state index in [0.717, 1.165) is 14.2 Å². The summed E-state index contributed by atoms with van der Waals surface area (Å²) in [5, 5.41) is 1.88. The van der Waals surface area contributed by atoms with Gasteiger partial charge in [-0.05, 0) is 35.4 Å². The summed E-state index contributed by atoms with van der Waals surface area (Å²) in [6.45, 7) is 0.440. The van der Waals surface area contributed by atoms with E-state index in [9.17, 15) is 8.42 Å². The molecular formula is C22H21BrN6O4S3. The number of nitrogens with zero attached hydrogens (tertiary/aromatic N) is 4. The molecule has 36 heavy (non-hydrogen) atoms. The number of ether oxygens (including phenoxy) is 2. The van der Waals surface area contributed by atoms with Crippen molar-refractivity contribution in [3.05, 3.63) is 69.8 Å².